The Hall–Kier alpha value is -0.940. The zero-order valence-corrected chi connectivity index (χ0v) is 10.7. The Morgan fingerprint density at radius 2 is 2.35 bits per heavy atom. The predicted molar refractivity (Wildman–Crippen MR) is 65.3 cm³/mol. The van der Waals surface area contributed by atoms with Crippen LogP contribution in [0, 0.1) is 5.92 Å². The Balaban J connectivity index is 1.97. The lowest BCUT2D eigenvalue weighted by Gasteiger charge is -2.37. The lowest BCUT2D eigenvalue weighted by molar-refractivity contribution is 0.111. The molecule has 1 aliphatic rings. The molecule has 1 fully saturated rings. The third-order valence-corrected chi connectivity index (χ3v) is 3.53. The Labute approximate surface area is 102 Å². The Morgan fingerprint density at radius 1 is 1.53 bits per heavy atom. The second-order valence-corrected chi connectivity index (χ2v) is 4.95. The van der Waals surface area contributed by atoms with Crippen LogP contribution in [0.2, 0.25) is 0 Å². The fraction of sp³-hybridized carbons (Fsp3) is 0.833. The van der Waals surface area contributed by atoms with Crippen LogP contribution < -0.4 is 5.73 Å². The van der Waals surface area contributed by atoms with Crippen LogP contribution in [-0.2, 0) is 13.0 Å². The first-order chi connectivity index (χ1) is 8.22. The number of piperidine rings is 1. The monoisotopic (exact) mass is 238 g/mol. The number of aromatic nitrogens is 2. The molecular formula is C12H22N4O. The zero-order chi connectivity index (χ0) is 12.3. The molecule has 0 amide bonds. The molecule has 5 nitrogen and oxygen atoms in total. The third kappa shape index (κ3) is 3.04. The first-order valence-electron chi connectivity index (χ1n) is 6.48. The van der Waals surface area contributed by atoms with Gasteiger partial charge in [-0.25, -0.2) is 0 Å². The van der Waals surface area contributed by atoms with Gasteiger partial charge in [0.1, 0.15) is 0 Å². The molecule has 0 aromatic carbocycles. The molecule has 0 spiro atoms. The summed E-state index contributed by atoms with van der Waals surface area (Å²) in [5.74, 6) is 2.28. The maximum absolute atomic E-state index is 5.83. The van der Waals surface area contributed by atoms with Crippen LogP contribution in [0.5, 0.6) is 0 Å². The van der Waals surface area contributed by atoms with Gasteiger partial charge >= 0.3 is 0 Å². The average molecular weight is 238 g/mol. The van der Waals surface area contributed by atoms with Gasteiger partial charge in [-0.2, -0.15) is 4.98 Å². The molecule has 96 valence electrons. The number of aryl methyl sites for hydroxylation is 1. The van der Waals surface area contributed by atoms with Crippen LogP contribution in [0.25, 0.3) is 0 Å². The summed E-state index contributed by atoms with van der Waals surface area (Å²) in [4.78, 5) is 6.73. The van der Waals surface area contributed by atoms with Crippen molar-refractivity contribution in [3.63, 3.8) is 0 Å². The largest absolute Gasteiger partial charge is 0.339 e. The minimum absolute atomic E-state index is 0.460. The molecule has 0 bridgehead atoms. The fourth-order valence-electron chi connectivity index (χ4n) is 2.43. The molecule has 0 aliphatic carbocycles. The molecule has 2 rings (SSSR count). The molecule has 2 unspecified atom stereocenters. The first kappa shape index (κ1) is 12.5. The van der Waals surface area contributed by atoms with Crippen LogP contribution in [0.4, 0.5) is 0 Å². The van der Waals surface area contributed by atoms with Gasteiger partial charge in [-0.3, -0.25) is 4.90 Å². The minimum atomic E-state index is 0.460. The van der Waals surface area contributed by atoms with Gasteiger partial charge in [0.2, 0.25) is 5.89 Å². The van der Waals surface area contributed by atoms with Gasteiger partial charge < -0.3 is 10.3 Å². The number of likely N-dealkylation sites (tertiary alicyclic amines) is 1. The van der Waals surface area contributed by atoms with E-state index in [1.54, 1.807) is 0 Å². The highest BCUT2D eigenvalue weighted by molar-refractivity contribution is 4.89. The standard InChI is InChI=1S/C12H22N4O/c1-3-12-14-11(15-17-12)8-16-5-4-9(2)6-10(16)7-13/h9-10H,3-8,13H2,1-2H3. The lowest BCUT2D eigenvalue weighted by Crippen LogP contribution is -2.45. The normalized spacial score (nSPS) is 26.3. The fourth-order valence-corrected chi connectivity index (χ4v) is 2.43. The summed E-state index contributed by atoms with van der Waals surface area (Å²) < 4.78 is 5.13. The summed E-state index contributed by atoms with van der Waals surface area (Å²) >= 11 is 0. The van der Waals surface area contributed by atoms with Gasteiger partial charge in [-0.05, 0) is 25.3 Å². The number of nitrogens with zero attached hydrogens (tertiary/aromatic N) is 3. The van der Waals surface area contributed by atoms with E-state index < -0.39 is 0 Å². The molecule has 1 aromatic heterocycles. The first-order valence-corrected chi connectivity index (χ1v) is 6.48. The van der Waals surface area contributed by atoms with Crippen LogP contribution in [0.3, 0.4) is 0 Å². The van der Waals surface area contributed by atoms with Gasteiger partial charge in [0.15, 0.2) is 5.82 Å². The van der Waals surface area contributed by atoms with E-state index in [1.807, 2.05) is 6.92 Å². The van der Waals surface area contributed by atoms with E-state index in [9.17, 15) is 0 Å². The molecule has 1 saturated heterocycles. The van der Waals surface area contributed by atoms with Crippen molar-refractivity contribution in [1.82, 2.24) is 15.0 Å². The van der Waals surface area contributed by atoms with Crippen molar-refractivity contribution in [2.24, 2.45) is 11.7 Å². The minimum Gasteiger partial charge on any atom is -0.339 e. The molecule has 0 radical (unpaired) electrons. The summed E-state index contributed by atoms with van der Waals surface area (Å²) in [6, 6.07) is 0.460. The van der Waals surface area contributed by atoms with E-state index in [0.29, 0.717) is 12.6 Å². The molecule has 2 N–H and O–H groups in total. The Morgan fingerprint density at radius 3 is 3.00 bits per heavy atom. The number of hydrogen-bond donors (Lipinski definition) is 1. The highest BCUT2D eigenvalue weighted by Crippen LogP contribution is 2.22. The van der Waals surface area contributed by atoms with Crippen molar-refractivity contribution in [3.05, 3.63) is 11.7 Å². The van der Waals surface area contributed by atoms with Crippen molar-refractivity contribution in [2.45, 2.75) is 45.7 Å². The van der Waals surface area contributed by atoms with Gasteiger partial charge in [-0.1, -0.05) is 19.0 Å². The topological polar surface area (TPSA) is 68.2 Å². The molecule has 5 heteroatoms. The van der Waals surface area contributed by atoms with Crippen LogP contribution in [0.1, 0.15) is 38.4 Å². The Kier molecular flexibility index (Phi) is 4.12. The summed E-state index contributed by atoms with van der Waals surface area (Å²) in [5, 5.41) is 4.00. The van der Waals surface area contributed by atoms with E-state index in [-0.39, 0.29) is 0 Å². The quantitative estimate of drug-likeness (QED) is 0.853. The number of hydrogen-bond acceptors (Lipinski definition) is 5. The van der Waals surface area contributed by atoms with Crippen molar-refractivity contribution in [1.29, 1.82) is 0 Å². The van der Waals surface area contributed by atoms with Crippen molar-refractivity contribution >= 4 is 0 Å². The van der Waals surface area contributed by atoms with Crippen LogP contribution in [-0.4, -0.2) is 34.2 Å². The predicted octanol–water partition coefficient (Wildman–Crippen LogP) is 1.19. The molecule has 1 aliphatic heterocycles. The van der Waals surface area contributed by atoms with Gasteiger partial charge in [0, 0.05) is 19.0 Å². The van der Waals surface area contributed by atoms with Crippen molar-refractivity contribution in [3.8, 4) is 0 Å². The third-order valence-electron chi connectivity index (χ3n) is 3.53. The van der Waals surface area contributed by atoms with Crippen LogP contribution >= 0.6 is 0 Å². The molecular weight excluding hydrogens is 216 g/mol. The molecule has 2 atom stereocenters. The van der Waals surface area contributed by atoms with E-state index in [4.69, 9.17) is 10.3 Å². The van der Waals surface area contributed by atoms with Crippen LogP contribution in [0.15, 0.2) is 4.52 Å². The van der Waals surface area contributed by atoms with Crippen molar-refractivity contribution < 1.29 is 4.52 Å². The van der Waals surface area contributed by atoms with Crippen molar-refractivity contribution in [2.75, 3.05) is 13.1 Å². The number of nitrogens with two attached hydrogens (primary N) is 1. The summed E-state index contributed by atoms with van der Waals surface area (Å²) in [7, 11) is 0. The molecule has 17 heavy (non-hydrogen) atoms. The highest BCUT2D eigenvalue weighted by atomic mass is 16.5. The summed E-state index contributed by atoms with van der Waals surface area (Å²) in [5.41, 5.74) is 5.83. The van der Waals surface area contributed by atoms with E-state index in [0.717, 1.165) is 37.1 Å². The van der Waals surface area contributed by atoms with Gasteiger partial charge in [-0.15, -0.1) is 0 Å². The van der Waals surface area contributed by atoms with E-state index in [2.05, 4.69) is 22.0 Å². The summed E-state index contributed by atoms with van der Waals surface area (Å²) in [6.07, 6.45) is 3.20. The molecule has 1 aromatic rings. The maximum Gasteiger partial charge on any atom is 0.226 e. The average Bonchev–Trinajstić information content (AvgIpc) is 2.79. The van der Waals surface area contributed by atoms with E-state index >= 15 is 0 Å². The summed E-state index contributed by atoms with van der Waals surface area (Å²) in [6.45, 7) is 6.87. The smallest absolute Gasteiger partial charge is 0.226 e. The number of rotatable bonds is 4. The SMILES string of the molecule is CCc1nc(CN2CCC(C)CC2CN)no1. The second-order valence-electron chi connectivity index (χ2n) is 4.95. The molecule has 2 heterocycles. The van der Waals surface area contributed by atoms with E-state index in [1.165, 1.54) is 12.8 Å². The second kappa shape index (κ2) is 5.60. The van der Waals surface area contributed by atoms with Gasteiger partial charge in [0.25, 0.3) is 0 Å². The Bertz CT molecular complexity index is 352. The highest BCUT2D eigenvalue weighted by Gasteiger charge is 2.26. The zero-order valence-electron chi connectivity index (χ0n) is 10.7. The maximum atomic E-state index is 5.83. The lowest BCUT2D eigenvalue weighted by atomic mass is 9.92. The molecule has 0 saturated carbocycles. The van der Waals surface area contributed by atoms with Gasteiger partial charge in [0.05, 0.1) is 6.54 Å².